The van der Waals surface area contributed by atoms with Crippen LogP contribution < -0.4 is 41.0 Å². The van der Waals surface area contributed by atoms with Crippen molar-refractivity contribution in [3.63, 3.8) is 0 Å². The van der Waals surface area contributed by atoms with Crippen LogP contribution >= 0.6 is 14.5 Å². The molecule has 0 spiro atoms. The lowest BCUT2D eigenvalue weighted by Crippen LogP contribution is -2.37. The minimum absolute atomic E-state index is 0.975. The van der Waals surface area contributed by atoms with Gasteiger partial charge in [0.15, 0.2) is 37.9 Å². The molecule has 2 nitrogen and oxygen atoms in total. The fraction of sp³-hybridized carbons (Fsp3) is 0.115. The minimum Gasteiger partial charge on any atom is -0.205 e. The number of hydrogen-bond acceptors (Lipinski definition) is 0. The Morgan fingerprint density at radius 2 is 0.482 bits per heavy atom. The van der Waals surface area contributed by atoms with Gasteiger partial charge in [-0.3, -0.25) is 0 Å². The van der Waals surface area contributed by atoms with Gasteiger partial charge < -0.3 is 0 Å². The summed E-state index contributed by atoms with van der Waals surface area (Å²) in [4.78, 5) is 0. The Morgan fingerprint density at radius 1 is 0.268 bits per heavy atom. The molecule has 0 amide bonds. The molecule has 8 rings (SSSR count). The predicted molar refractivity (Wildman–Crippen MR) is 242 cm³/mol. The first kappa shape index (κ1) is 37.4. The Balaban J connectivity index is 0.954. The van der Waals surface area contributed by atoms with Gasteiger partial charge in [0.05, 0.1) is 12.3 Å². The van der Waals surface area contributed by atoms with Gasteiger partial charge in [0, 0.05) is 37.1 Å². The molecule has 0 atom stereocenters. The fourth-order valence-electron chi connectivity index (χ4n) is 8.34. The van der Waals surface area contributed by atoms with E-state index in [1.165, 1.54) is 43.0 Å². The largest absolute Gasteiger partial charge is 0.205 e. The van der Waals surface area contributed by atoms with Crippen LogP contribution in [0.4, 0.5) is 0 Å². The van der Waals surface area contributed by atoms with Crippen molar-refractivity contribution in [1.82, 2.24) is 0 Å². The lowest BCUT2D eigenvalue weighted by molar-refractivity contribution is -0.697. The molecule has 6 aromatic carbocycles. The SMILES string of the molecule is c1ccc([P+](CCC[n+]2ccc(-c3cc[n+](CCC[P+](c4ccccc4)(c4ccccc4)c4ccccc4)cc3)cc2)(c2ccccc2)c2ccccc2)cc1. The number of aromatic nitrogens is 2. The molecule has 2 heterocycles. The maximum absolute atomic E-state index is 2.35. The third kappa shape index (κ3) is 8.06. The van der Waals surface area contributed by atoms with Crippen LogP contribution in [-0.2, 0) is 13.1 Å². The summed E-state index contributed by atoms with van der Waals surface area (Å²) in [5.74, 6) is 0. The van der Waals surface area contributed by atoms with Crippen LogP contribution in [0.5, 0.6) is 0 Å². The van der Waals surface area contributed by atoms with E-state index in [4.69, 9.17) is 0 Å². The van der Waals surface area contributed by atoms with Crippen LogP contribution in [0.25, 0.3) is 11.1 Å². The van der Waals surface area contributed by atoms with E-state index >= 15 is 0 Å². The smallest absolute Gasteiger partial charge is 0.169 e. The van der Waals surface area contributed by atoms with Gasteiger partial charge in [-0.25, -0.2) is 9.13 Å². The average molecular weight is 765 g/mol. The zero-order valence-electron chi connectivity index (χ0n) is 32.0. The molecule has 56 heavy (non-hydrogen) atoms. The monoisotopic (exact) mass is 764 g/mol. The first-order chi connectivity index (χ1) is 27.8. The molecule has 0 saturated heterocycles. The van der Waals surface area contributed by atoms with Crippen molar-refractivity contribution in [2.24, 2.45) is 0 Å². The van der Waals surface area contributed by atoms with Crippen molar-refractivity contribution in [1.29, 1.82) is 0 Å². The van der Waals surface area contributed by atoms with Crippen LogP contribution in [0.15, 0.2) is 231 Å². The van der Waals surface area contributed by atoms with Gasteiger partial charge in [-0.15, -0.1) is 0 Å². The molecule has 274 valence electrons. The topological polar surface area (TPSA) is 7.76 Å². The molecule has 0 radical (unpaired) electrons. The maximum atomic E-state index is 2.35. The zero-order chi connectivity index (χ0) is 37.9. The summed E-state index contributed by atoms with van der Waals surface area (Å²) < 4.78 is 4.70. The van der Waals surface area contributed by atoms with E-state index in [1.807, 2.05) is 0 Å². The van der Waals surface area contributed by atoms with E-state index in [0.717, 1.165) is 38.3 Å². The first-order valence-electron chi connectivity index (χ1n) is 19.8. The number of aryl methyl sites for hydroxylation is 2. The Hall–Kier alpha value is -5.52. The Bertz CT molecular complexity index is 2010. The number of benzene rings is 6. The van der Waals surface area contributed by atoms with Gasteiger partial charge in [-0.1, -0.05) is 109 Å². The summed E-state index contributed by atoms with van der Waals surface area (Å²) in [5, 5.41) is 8.69. The normalized spacial score (nSPS) is 11.6. The molecular weight excluding hydrogens is 715 g/mol. The van der Waals surface area contributed by atoms with Crippen molar-refractivity contribution in [3.05, 3.63) is 231 Å². The van der Waals surface area contributed by atoms with E-state index < -0.39 is 14.5 Å². The second kappa shape index (κ2) is 18.0. The molecule has 8 aromatic rings. The maximum Gasteiger partial charge on any atom is 0.169 e. The molecule has 0 saturated carbocycles. The minimum atomic E-state index is -1.83. The molecule has 0 bridgehead atoms. The lowest BCUT2D eigenvalue weighted by Gasteiger charge is -2.27. The molecular formula is C52H50N2P2+4. The summed E-state index contributed by atoms with van der Waals surface area (Å²) in [6.45, 7) is 1.95. The quantitative estimate of drug-likeness (QED) is 0.0730. The van der Waals surface area contributed by atoms with Crippen LogP contribution in [0, 0.1) is 0 Å². The van der Waals surface area contributed by atoms with Crippen molar-refractivity contribution >= 4 is 46.4 Å². The Kier molecular flexibility index (Phi) is 12.0. The number of hydrogen-bond donors (Lipinski definition) is 0. The van der Waals surface area contributed by atoms with Crippen LogP contribution in [-0.4, -0.2) is 12.3 Å². The second-order valence-corrected chi connectivity index (χ2v) is 21.7. The van der Waals surface area contributed by atoms with E-state index in [9.17, 15) is 0 Å². The molecule has 0 aliphatic rings. The molecule has 4 heteroatoms. The summed E-state index contributed by atoms with van der Waals surface area (Å²) in [6, 6.07) is 76.4. The van der Waals surface area contributed by atoms with Crippen LogP contribution in [0.2, 0.25) is 0 Å². The highest BCUT2D eigenvalue weighted by molar-refractivity contribution is 7.96. The predicted octanol–water partition coefficient (Wildman–Crippen LogP) is 8.70. The standard InChI is InChI=1S/C52H50N2P2/c1-7-21-47(22-8-1)55(48-23-9-2-10-24-48,49-25-11-3-12-26-49)43-19-37-53-39-33-45(34-40-53)46-35-41-54(42-36-46)38-20-44-56(50-27-13-4-14-28-50,51-29-15-5-16-30-51)52-31-17-6-18-32-52/h1-18,21-36,39-42H,19-20,37-38,43-44H2/q+4. The highest BCUT2D eigenvalue weighted by atomic mass is 31.2. The first-order valence-corrected chi connectivity index (χ1v) is 23.8. The van der Waals surface area contributed by atoms with E-state index in [1.54, 1.807) is 0 Å². The molecule has 0 aliphatic heterocycles. The van der Waals surface area contributed by atoms with Crippen molar-refractivity contribution in [2.75, 3.05) is 12.3 Å². The highest BCUT2D eigenvalue weighted by Crippen LogP contribution is 2.56. The average Bonchev–Trinajstić information content (AvgIpc) is 3.29. The van der Waals surface area contributed by atoms with E-state index in [-0.39, 0.29) is 0 Å². The van der Waals surface area contributed by atoms with Gasteiger partial charge in [0.25, 0.3) is 0 Å². The number of pyridine rings is 2. The lowest BCUT2D eigenvalue weighted by atomic mass is 10.1. The van der Waals surface area contributed by atoms with Gasteiger partial charge in [-0.2, -0.15) is 0 Å². The number of nitrogens with zero attached hydrogens (tertiary/aromatic N) is 2. The van der Waals surface area contributed by atoms with Gasteiger partial charge >= 0.3 is 0 Å². The van der Waals surface area contributed by atoms with Crippen molar-refractivity contribution in [2.45, 2.75) is 25.9 Å². The van der Waals surface area contributed by atoms with E-state index in [2.05, 4.69) is 240 Å². The molecule has 2 aromatic heterocycles. The zero-order valence-corrected chi connectivity index (χ0v) is 33.8. The Labute approximate surface area is 334 Å². The summed E-state index contributed by atoms with van der Waals surface area (Å²) >= 11 is 0. The fourth-order valence-corrected chi connectivity index (χ4v) is 17.0. The van der Waals surface area contributed by atoms with Crippen LogP contribution in [0.1, 0.15) is 12.8 Å². The Morgan fingerprint density at radius 3 is 0.696 bits per heavy atom. The number of rotatable bonds is 15. The third-order valence-electron chi connectivity index (χ3n) is 11.1. The highest BCUT2D eigenvalue weighted by Gasteiger charge is 2.46. The summed E-state index contributed by atoms with van der Waals surface area (Å²) in [5.41, 5.74) is 2.49. The second-order valence-electron chi connectivity index (χ2n) is 14.4. The molecule has 0 fully saturated rings. The van der Waals surface area contributed by atoms with Gasteiger partial charge in [0.1, 0.15) is 46.4 Å². The van der Waals surface area contributed by atoms with E-state index in [0.29, 0.717) is 0 Å². The van der Waals surface area contributed by atoms with Crippen molar-refractivity contribution in [3.8, 4) is 11.1 Å². The molecule has 0 aliphatic carbocycles. The van der Waals surface area contributed by atoms with Gasteiger partial charge in [0.2, 0.25) is 0 Å². The van der Waals surface area contributed by atoms with Crippen molar-refractivity contribution < 1.29 is 9.13 Å². The van der Waals surface area contributed by atoms with Crippen LogP contribution in [0.3, 0.4) is 0 Å². The summed E-state index contributed by atoms with van der Waals surface area (Å²) in [7, 11) is -3.66. The molecule has 0 N–H and O–H groups in total. The molecule has 0 unspecified atom stereocenters. The third-order valence-corrected chi connectivity index (χ3v) is 20.2. The summed E-state index contributed by atoms with van der Waals surface area (Å²) in [6.07, 6.45) is 13.4. The van der Waals surface area contributed by atoms with Gasteiger partial charge in [-0.05, 0) is 83.9 Å².